The lowest BCUT2D eigenvalue weighted by Gasteiger charge is -2.15. The summed E-state index contributed by atoms with van der Waals surface area (Å²) in [4.78, 5) is 10.6. The fourth-order valence-corrected chi connectivity index (χ4v) is 3.08. The van der Waals surface area contributed by atoms with Gasteiger partial charge in [0.15, 0.2) is 11.6 Å². The van der Waals surface area contributed by atoms with Crippen LogP contribution in [0.25, 0.3) is 5.69 Å². The van der Waals surface area contributed by atoms with Crippen LogP contribution in [0, 0.1) is 18.6 Å². The van der Waals surface area contributed by atoms with E-state index in [1.807, 2.05) is 6.92 Å². The lowest BCUT2D eigenvalue weighted by Crippen LogP contribution is -2.13. The monoisotopic (exact) mass is 439 g/mol. The van der Waals surface area contributed by atoms with Crippen molar-refractivity contribution in [2.45, 2.75) is 32.5 Å². The van der Waals surface area contributed by atoms with Crippen LogP contribution in [0.15, 0.2) is 48.7 Å². The van der Waals surface area contributed by atoms with Crippen LogP contribution < -0.4 is 4.74 Å². The predicted molar refractivity (Wildman–Crippen MR) is 102 cm³/mol. The maximum Gasteiger partial charge on any atom is 0.418 e. The molecule has 3 aromatic rings. The topological polar surface area (TPSA) is 51.5 Å². The van der Waals surface area contributed by atoms with Gasteiger partial charge in [-0.15, -0.1) is 0 Å². The van der Waals surface area contributed by atoms with E-state index in [4.69, 9.17) is 9.84 Å². The van der Waals surface area contributed by atoms with E-state index < -0.39 is 48.1 Å². The molecule has 0 fully saturated rings. The molecule has 0 aliphatic rings. The van der Waals surface area contributed by atoms with E-state index in [1.54, 1.807) is 24.3 Å². The molecular weight excluding hydrogens is 421 g/mol. The molecule has 0 aliphatic carbocycles. The third kappa shape index (κ3) is 5.04. The van der Waals surface area contributed by atoms with Crippen molar-refractivity contribution in [1.82, 2.24) is 4.57 Å². The molecule has 1 aromatic heterocycles. The van der Waals surface area contributed by atoms with Crippen molar-refractivity contribution in [1.29, 1.82) is 0 Å². The van der Waals surface area contributed by atoms with Gasteiger partial charge in [-0.05, 0) is 43.2 Å². The van der Waals surface area contributed by atoms with Crippen molar-refractivity contribution in [2.24, 2.45) is 0 Å². The van der Waals surface area contributed by atoms with E-state index in [1.165, 1.54) is 10.8 Å². The molecule has 9 heteroatoms. The maximum absolute atomic E-state index is 14.3. The molecule has 2 aromatic carbocycles. The number of alkyl halides is 3. The van der Waals surface area contributed by atoms with Crippen LogP contribution in [0.4, 0.5) is 22.0 Å². The van der Waals surface area contributed by atoms with Crippen LogP contribution in [-0.2, 0) is 24.0 Å². The summed E-state index contributed by atoms with van der Waals surface area (Å²) in [5.41, 5.74) is -0.00920. The molecule has 0 radical (unpaired) electrons. The highest BCUT2D eigenvalue weighted by Crippen LogP contribution is 2.35. The SMILES string of the molecule is Cc1ccc(-n2ccc(C(F)(F)F)c2COc2ccc(CCC(=O)O)c(F)c2F)cc1. The second-order valence-corrected chi connectivity index (χ2v) is 6.91. The molecule has 0 atom stereocenters. The van der Waals surface area contributed by atoms with Crippen LogP contribution in [0.3, 0.4) is 0 Å². The van der Waals surface area contributed by atoms with Gasteiger partial charge in [-0.3, -0.25) is 4.79 Å². The number of carboxylic acid groups (broad SMARTS) is 1. The van der Waals surface area contributed by atoms with Crippen molar-refractivity contribution in [2.75, 3.05) is 0 Å². The average molecular weight is 439 g/mol. The zero-order valence-electron chi connectivity index (χ0n) is 16.3. The molecule has 0 saturated carbocycles. The van der Waals surface area contributed by atoms with Crippen molar-refractivity contribution in [3.05, 3.63) is 82.7 Å². The fraction of sp³-hybridized carbons (Fsp3) is 0.227. The summed E-state index contributed by atoms with van der Waals surface area (Å²) in [5, 5.41) is 8.67. The average Bonchev–Trinajstić information content (AvgIpc) is 3.13. The third-order valence-electron chi connectivity index (χ3n) is 4.71. The second kappa shape index (κ2) is 8.79. The largest absolute Gasteiger partial charge is 0.484 e. The number of nitrogens with zero attached hydrogens (tertiary/aromatic N) is 1. The quantitative estimate of drug-likeness (QED) is 0.482. The van der Waals surface area contributed by atoms with Gasteiger partial charge in [0.05, 0.1) is 11.3 Å². The van der Waals surface area contributed by atoms with E-state index in [2.05, 4.69) is 0 Å². The normalized spacial score (nSPS) is 11.5. The number of rotatable bonds is 7. The molecule has 0 aliphatic heterocycles. The molecule has 0 unspecified atom stereocenters. The molecule has 4 nitrogen and oxygen atoms in total. The summed E-state index contributed by atoms with van der Waals surface area (Å²) in [5.74, 6) is -4.41. The number of hydrogen-bond donors (Lipinski definition) is 1. The van der Waals surface area contributed by atoms with Crippen LogP contribution >= 0.6 is 0 Å². The van der Waals surface area contributed by atoms with E-state index in [9.17, 15) is 26.7 Å². The third-order valence-corrected chi connectivity index (χ3v) is 4.71. The fourth-order valence-electron chi connectivity index (χ4n) is 3.08. The van der Waals surface area contributed by atoms with E-state index in [0.717, 1.165) is 23.8 Å². The van der Waals surface area contributed by atoms with Gasteiger partial charge in [0.25, 0.3) is 0 Å². The van der Waals surface area contributed by atoms with Crippen LogP contribution in [0.5, 0.6) is 5.75 Å². The Labute approximate surface area is 174 Å². The minimum atomic E-state index is -4.67. The first-order valence-electron chi connectivity index (χ1n) is 9.24. The Balaban J connectivity index is 1.90. The van der Waals surface area contributed by atoms with E-state index in [-0.39, 0.29) is 17.7 Å². The molecular formula is C22H18F5NO3. The second-order valence-electron chi connectivity index (χ2n) is 6.91. The van der Waals surface area contributed by atoms with Gasteiger partial charge >= 0.3 is 12.1 Å². The van der Waals surface area contributed by atoms with E-state index in [0.29, 0.717) is 5.69 Å². The Hall–Kier alpha value is -3.36. The number of hydrogen-bond acceptors (Lipinski definition) is 2. The van der Waals surface area contributed by atoms with Gasteiger partial charge < -0.3 is 14.4 Å². The minimum Gasteiger partial charge on any atom is -0.484 e. The number of carboxylic acids is 1. The lowest BCUT2D eigenvalue weighted by atomic mass is 10.1. The van der Waals surface area contributed by atoms with Gasteiger partial charge in [-0.25, -0.2) is 4.39 Å². The van der Waals surface area contributed by atoms with Crippen molar-refractivity contribution >= 4 is 5.97 Å². The highest BCUT2D eigenvalue weighted by molar-refractivity contribution is 5.67. The van der Waals surface area contributed by atoms with Crippen molar-refractivity contribution in [3.8, 4) is 11.4 Å². The Kier molecular flexibility index (Phi) is 6.33. The predicted octanol–water partition coefficient (Wildman–Crippen LogP) is 5.68. The van der Waals surface area contributed by atoms with Gasteiger partial charge in [-0.1, -0.05) is 23.8 Å². The van der Waals surface area contributed by atoms with Gasteiger partial charge in [0.2, 0.25) is 5.82 Å². The molecule has 0 bridgehead atoms. The van der Waals surface area contributed by atoms with E-state index >= 15 is 0 Å². The Bertz CT molecular complexity index is 1090. The Morgan fingerprint density at radius 2 is 1.71 bits per heavy atom. The smallest absolute Gasteiger partial charge is 0.418 e. The summed E-state index contributed by atoms with van der Waals surface area (Å²) in [7, 11) is 0. The molecule has 0 amide bonds. The van der Waals surface area contributed by atoms with Gasteiger partial charge in [0, 0.05) is 18.3 Å². The molecule has 0 spiro atoms. The standard InChI is InChI=1S/C22H18F5NO3/c1-13-2-6-15(7-3-13)28-11-10-16(22(25,26)27)17(28)12-31-18-8-4-14(5-9-19(29)30)20(23)21(18)24/h2-4,6-8,10-11H,5,9,12H2,1H3,(H,29,30). The van der Waals surface area contributed by atoms with Crippen LogP contribution in [0.2, 0.25) is 0 Å². The number of carbonyl (C=O) groups is 1. The number of halogens is 5. The number of ether oxygens (including phenoxy) is 1. The number of aliphatic carboxylic acids is 1. The van der Waals surface area contributed by atoms with Crippen LogP contribution in [0.1, 0.15) is 28.8 Å². The Morgan fingerprint density at radius 1 is 1.03 bits per heavy atom. The zero-order chi connectivity index (χ0) is 22.8. The summed E-state index contributed by atoms with van der Waals surface area (Å²) >= 11 is 0. The Morgan fingerprint density at radius 3 is 2.32 bits per heavy atom. The molecule has 3 rings (SSSR count). The highest BCUT2D eigenvalue weighted by Gasteiger charge is 2.35. The first-order valence-corrected chi connectivity index (χ1v) is 9.24. The minimum absolute atomic E-state index is 0.161. The highest BCUT2D eigenvalue weighted by atomic mass is 19.4. The van der Waals surface area contributed by atoms with Gasteiger partial charge in [-0.2, -0.15) is 17.6 Å². The lowest BCUT2D eigenvalue weighted by molar-refractivity contribution is -0.139. The number of aryl methyl sites for hydroxylation is 2. The maximum atomic E-state index is 14.3. The zero-order valence-corrected chi connectivity index (χ0v) is 16.3. The van der Waals surface area contributed by atoms with Gasteiger partial charge in [0.1, 0.15) is 6.61 Å². The molecule has 1 N–H and O–H groups in total. The van der Waals surface area contributed by atoms with Crippen LogP contribution in [-0.4, -0.2) is 15.6 Å². The first-order chi connectivity index (χ1) is 14.6. The molecule has 1 heterocycles. The summed E-state index contributed by atoms with van der Waals surface area (Å²) in [6.45, 7) is 1.17. The summed E-state index contributed by atoms with van der Waals surface area (Å²) in [6, 6.07) is 9.86. The van der Waals surface area contributed by atoms with Crippen molar-refractivity contribution < 1.29 is 36.6 Å². The molecule has 31 heavy (non-hydrogen) atoms. The summed E-state index contributed by atoms with van der Waals surface area (Å²) < 4.78 is 75.4. The number of aromatic nitrogens is 1. The molecule has 164 valence electrons. The first kappa shape index (κ1) is 22.3. The summed E-state index contributed by atoms with van der Waals surface area (Å²) in [6.07, 6.45) is -4.06. The number of benzene rings is 2. The van der Waals surface area contributed by atoms with Crippen molar-refractivity contribution in [3.63, 3.8) is 0 Å². The molecule has 0 saturated heterocycles.